The van der Waals surface area contributed by atoms with Crippen LogP contribution >= 0.6 is 0 Å². The summed E-state index contributed by atoms with van der Waals surface area (Å²) in [5, 5.41) is 0. The van der Waals surface area contributed by atoms with Gasteiger partial charge < -0.3 is 18.8 Å². The molecule has 24 heavy (non-hydrogen) atoms. The molecule has 0 aliphatic carbocycles. The molecule has 3 heterocycles. The molecule has 0 saturated carbocycles. The molecular weight excluding hydrogens is 308 g/mol. The maximum absolute atomic E-state index is 12.4. The number of imidazole rings is 1. The van der Waals surface area contributed by atoms with Crippen LogP contribution in [0.4, 0.5) is 0 Å². The van der Waals surface area contributed by atoms with Crippen LogP contribution in [0.5, 0.6) is 0 Å². The van der Waals surface area contributed by atoms with Crippen LogP contribution in [-0.4, -0.2) is 56.8 Å². The molecule has 1 unspecified atom stereocenters. The van der Waals surface area contributed by atoms with E-state index in [0.29, 0.717) is 31.7 Å². The Balaban J connectivity index is 1.62. The highest BCUT2D eigenvalue weighted by atomic mass is 16.3. The smallest absolute Gasteiger partial charge is 0.257 e. The summed E-state index contributed by atoms with van der Waals surface area (Å²) in [6, 6.07) is 1.72. The Kier molecular flexibility index (Phi) is 4.69. The van der Waals surface area contributed by atoms with Crippen molar-refractivity contribution in [2.75, 3.05) is 19.6 Å². The van der Waals surface area contributed by atoms with E-state index < -0.39 is 0 Å². The van der Waals surface area contributed by atoms with Gasteiger partial charge in [-0.05, 0) is 19.4 Å². The van der Waals surface area contributed by atoms with Crippen LogP contribution in [0.15, 0.2) is 35.4 Å². The van der Waals surface area contributed by atoms with Crippen molar-refractivity contribution in [1.29, 1.82) is 0 Å². The van der Waals surface area contributed by atoms with Gasteiger partial charge in [0.05, 0.1) is 17.9 Å². The van der Waals surface area contributed by atoms with Crippen molar-refractivity contribution < 1.29 is 14.0 Å². The van der Waals surface area contributed by atoms with Gasteiger partial charge in [0, 0.05) is 45.5 Å². The number of likely N-dealkylation sites (tertiary alicyclic amines) is 1. The molecule has 7 nitrogen and oxygen atoms in total. The van der Waals surface area contributed by atoms with Gasteiger partial charge in [-0.1, -0.05) is 0 Å². The highest BCUT2D eigenvalue weighted by Crippen LogP contribution is 2.19. The highest BCUT2D eigenvalue weighted by molar-refractivity contribution is 5.94. The zero-order valence-electron chi connectivity index (χ0n) is 14.0. The molecule has 2 aromatic rings. The summed E-state index contributed by atoms with van der Waals surface area (Å²) >= 11 is 0. The third-order valence-electron chi connectivity index (χ3n) is 4.57. The molecule has 0 spiro atoms. The fourth-order valence-corrected chi connectivity index (χ4v) is 3.20. The second kappa shape index (κ2) is 6.90. The van der Waals surface area contributed by atoms with Crippen LogP contribution in [0.3, 0.4) is 0 Å². The predicted molar refractivity (Wildman–Crippen MR) is 87.4 cm³/mol. The minimum Gasteiger partial charge on any atom is -0.472 e. The lowest BCUT2D eigenvalue weighted by Crippen LogP contribution is -2.43. The molecule has 0 N–H and O–H groups in total. The molecule has 0 bridgehead atoms. The molecule has 0 radical (unpaired) electrons. The van der Waals surface area contributed by atoms with Crippen molar-refractivity contribution in [3.05, 3.63) is 42.4 Å². The topological polar surface area (TPSA) is 71.6 Å². The van der Waals surface area contributed by atoms with Crippen LogP contribution in [-0.2, 0) is 11.3 Å². The normalized spacial score (nSPS) is 17.2. The monoisotopic (exact) mass is 330 g/mol. The third-order valence-corrected chi connectivity index (χ3v) is 4.57. The molecule has 128 valence electrons. The van der Waals surface area contributed by atoms with E-state index in [1.165, 1.54) is 12.5 Å². The number of aryl methyl sites for hydroxylation is 1. The summed E-state index contributed by atoms with van der Waals surface area (Å²) < 4.78 is 7.01. The van der Waals surface area contributed by atoms with Gasteiger partial charge in [-0.15, -0.1) is 0 Å². The van der Waals surface area contributed by atoms with E-state index in [2.05, 4.69) is 4.98 Å². The quantitative estimate of drug-likeness (QED) is 0.834. The maximum atomic E-state index is 12.4. The molecule has 0 aromatic carbocycles. The van der Waals surface area contributed by atoms with Crippen molar-refractivity contribution in [2.24, 2.45) is 0 Å². The number of furan rings is 1. The fraction of sp³-hybridized carbons (Fsp3) is 0.471. The Hall–Kier alpha value is -2.57. The van der Waals surface area contributed by atoms with Gasteiger partial charge in [-0.2, -0.15) is 0 Å². The minimum absolute atomic E-state index is 0.0374. The number of aromatic nitrogens is 2. The lowest BCUT2D eigenvalue weighted by atomic mass is 10.2. The second-order valence-electron chi connectivity index (χ2n) is 6.09. The molecule has 1 atom stereocenters. The molecule has 1 aliphatic heterocycles. The molecule has 3 rings (SSSR count). The zero-order valence-corrected chi connectivity index (χ0v) is 14.0. The highest BCUT2D eigenvalue weighted by Gasteiger charge is 2.32. The first-order chi connectivity index (χ1) is 11.6. The SMILES string of the molecule is CC(=O)N(CCn1ccnc1C)C1CCN(C(=O)c2ccoc2)C1. The van der Waals surface area contributed by atoms with Crippen molar-refractivity contribution in [2.45, 2.75) is 32.9 Å². The molecule has 7 heteroatoms. The first-order valence-corrected chi connectivity index (χ1v) is 8.12. The minimum atomic E-state index is -0.0415. The van der Waals surface area contributed by atoms with Gasteiger partial charge in [-0.3, -0.25) is 9.59 Å². The van der Waals surface area contributed by atoms with Crippen molar-refractivity contribution in [1.82, 2.24) is 19.4 Å². The molecule has 2 aromatic heterocycles. The van der Waals surface area contributed by atoms with E-state index in [4.69, 9.17) is 4.42 Å². The first kappa shape index (κ1) is 16.3. The number of hydrogen-bond acceptors (Lipinski definition) is 4. The molecule has 1 aliphatic rings. The largest absolute Gasteiger partial charge is 0.472 e. The van der Waals surface area contributed by atoms with Crippen molar-refractivity contribution >= 4 is 11.8 Å². The number of hydrogen-bond donors (Lipinski definition) is 0. The summed E-state index contributed by atoms with van der Waals surface area (Å²) in [6.07, 6.45) is 7.42. The molecule has 1 saturated heterocycles. The number of carbonyl (C=O) groups is 2. The van der Waals surface area contributed by atoms with Gasteiger partial charge in [0.2, 0.25) is 5.91 Å². The van der Waals surface area contributed by atoms with Gasteiger partial charge in [0.15, 0.2) is 0 Å². The fourth-order valence-electron chi connectivity index (χ4n) is 3.20. The lowest BCUT2D eigenvalue weighted by Gasteiger charge is -2.28. The number of nitrogens with zero attached hydrogens (tertiary/aromatic N) is 4. The average molecular weight is 330 g/mol. The maximum Gasteiger partial charge on any atom is 0.257 e. The number of rotatable bonds is 5. The lowest BCUT2D eigenvalue weighted by molar-refractivity contribution is -0.131. The molecular formula is C17H22N4O3. The summed E-state index contributed by atoms with van der Waals surface area (Å²) in [4.78, 5) is 32.3. The van der Waals surface area contributed by atoms with Crippen LogP contribution in [0, 0.1) is 6.92 Å². The van der Waals surface area contributed by atoms with Gasteiger partial charge >= 0.3 is 0 Å². The van der Waals surface area contributed by atoms with E-state index in [1.54, 1.807) is 24.1 Å². The number of carbonyl (C=O) groups excluding carboxylic acids is 2. The number of amides is 2. The van der Waals surface area contributed by atoms with Gasteiger partial charge in [0.1, 0.15) is 12.1 Å². The summed E-state index contributed by atoms with van der Waals surface area (Å²) in [5.41, 5.74) is 0.555. The van der Waals surface area contributed by atoms with Crippen LogP contribution in [0.25, 0.3) is 0 Å². The summed E-state index contributed by atoms with van der Waals surface area (Å²) in [6.45, 7) is 6.07. The van der Waals surface area contributed by atoms with E-state index in [0.717, 1.165) is 12.2 Å². The van der Waals surface area contributed by atoms with Crippen molar-refractivity contribution in [3.8, 4) is 0 Å². The summed E-state index contributed by atoms with van der Waals surface area (Å²) in [7, 11) is 0. The van der Waals surface area contributed by atoms with E-state index >= 15 is 0 Å². The van der Waals surface area contributed by atoms with Crippen LogP contribution in [0.1, 0.15) is 29.5 Å². The Bertz CT molecular complexity index is 707. The third kappa shape index (κ3) is 3.34. The first-order valence-electron chi connectivity index (χ1n) is 8.12. The predicted octanol–water partition coefficient (Wildman–Crippen LogP) is 1.55. The molecule has 2 amide bonds. The Morgan fingerprint density at radius 2 is 2.29 bits per heavy atom. The van der Waals surface area contributed by atoms with Gasteiger partial charge in [0.25, 0.3) is 5.91 Å². The Morgan fingerprint density at radius 1 is 1.46 bits per heavy atom. The van der Waals surface area contributed by atoms with Crippen LogP contribution in [0.2, 0.25) is 0 Å². The second-order valence-corrected chi connectivity index (χ2v) is 6.09. The van der Waals surface area contributed by atoms with E-state index in [-0.39, 0.29) is 17.9 Å². The van der Waals surface area contributed by atoms with Gasteiger partial charge in [-0.25, -0.2) is 4.98 Å². The summed E-state index contributed by atoms with van der Waals surface area (Å²) in [5.74, 6) is 0.928. The van der Waals surface area contributed by atoms with Crippen molar-refractivity contribution in [3.63, 3.8) is 0 Å². The Morgan fingerprint density at radius 3 is 2.92 bits per heavy atom. The zero-order chi connectivity index (χ0) is 17.1. The molecule has 1 fully saturated rings. The Labute approximate surface area is 140 Å². The van der Waals surface area contributed by atoms with Crippen LogP contribution < -0.4 is 0 Å². The average Bonchev–Trinajstić information content (AvgIpc) is 3.28. The van der Waals surface area contributed by atoms with E-state index in [1.807, 2.05) is 22.6 Å². The van der Waals surface area contributed by atoms with E-state index in [9.17, 15) is 9.59 Å². The standard InChI is InChI=1S/C17H22N4O3/c1-13-18-5-7-19(13)8-9-21(14(2)22)16-3-6-20(11-16)17(23)15-4-10-24-12-15/h4-5,7,10,12,16H,3,6,8-9,11H2,1-2H3.